The SMILES string of the molecule is COc1ccc([C@@H]2COC(N)=N2)c(C(F)(F)F)c1.COc1ccc([C@H]2COC(N)=N2)c(C(F)(F)F)c1. The van der Waals surface area contributed by atoms with E-state index in [9.17, 15) is 26.3 Å². The normalized spacial score (nSPS) is 19.3. The van der Waals surface area contributed by atoms with Gasteiger partial charge in [0.2, 0.25) is 0 Å². The van der Waals surface area contributed by atoms with Crippen LogP contribution in [0, 0.1) is 0 Å². The number of aliphatic imine (C=N–C) groups is 2. The molecular weight excluding hydrogens is 498 g/mol. The molecule has 2 atom stereocenters. The van der Waals surface area contributed by atoms with E-state index in [-0.39, 0.29) is 47.9 Å². The quantitative estimate of drug-likeness (QED) is 0.585. The van der Waals surface area contributed by atoms with Crippen LogP contribution in [-0.4, -0.2) is 39.5 Å². The van der Waals surface area contributed by atoms with Crippen molar-refractivity contribution in [3.05, 3.63) is 58.7 Å². The van der Waals surface area contributed by atoms with Crippen LogP contribution < -0.4 is 20.9 Å². The summed E-state index contributed by atoms with van der Waals surface area (Å²) in [5.41, 5.74) is 9.09. The van der Waals surface area contributed by atoms with Crippen molar-refractivity contribution in [2.45, 2.75) is 24.4 Å². The van der Waals surface area contributed by atoms with Gasteiger partial charge < -0.3 is 30.4 Å². The van der Waals surface area contributed by atoms with Gasteiger partial charge in [-0.05, 0) is 35.4 Å². The summed E-state index contributed by atoms with van der Waals surface area (Å²) in [5, 5.41) is 0. The first kappa shape index (κ1) is 26.8. The van der Waals surface area contributed by atoms with E-state index in [0.717, 1.165) is 12.1 Å². The molecule has 0 aliphatic carbocycles. The van der Waals surface area contributed by atoms with E-state index >= 15 is 0 Å². The standard InChI is InChI=1S/2C11H11F3N2O2/c2*1-17-6-2-3-7(8(4-6)11(12,13)14)9-5-18-10(15)16-9/h2*2-4,9H,5H2,1H3,(H2,15,16)/t2*9-/m10/s1. The molecule has 2 aliphatic heterocycles. The number of alkyl halides is 6. The fourth-order valence-electron chi connectivity index (χ4n) is 3.50. The van der Waals surface area contributed by atoms with Crippen LogP contribution in [0.3, 0.4) is 0 Å². The summed E-state index contributed by atoms with van der Waals surface area (Å²) < 4.78 is 97.0. The van der Waals surface area contributed by atoms with E-state index in [4.69, 9.17) is 30.4 Å². The zero-order chi connectivity index (χ0) is 26.7. The predicted octanol–water partition coefficient (Wildman–Crippen LogP) is 4.20. The maximum Gasteiger partial charge on any atom is 0.416 e. The Morgan fingerprint density at radius 1 is 0.722 bits per heavy atom. The van der Waals surface area contributed by atoms with Gasteiger partial charge in [0, 0.05) is 0 Å². The summed E-state index contributed by atoms with van der Waals surface area (Å²) >= 11 is 0. The second-order valence-corrected chi connectivity index (χ2v) is 7.49. The monoisotopic (exact) mass is 520 g/mol. The van der Waals surface area contributed by atoms with Crippen molar-refractivity contribution in [1.82, 2.24) is 0 Å². The summed E-state index contributed by atoms with van der Waals surface area (Å²) in [4.78, 5) is 7.64. The minimum atomic E-state index is -4.48. The molecule has 2 aliphatic rings. The number of hydrogen-bond acceptors (Lipinski definition) is 8. The van der Waals surface area contributed by atoms with Gasteiger partial charge >= 0.3 is 12.4 Å². The highest BCUT2D eigenvalue weighted by atomic mass is 19.4. The molecule has 0 spiro atoms. The van der Waals surface area contributed by atoms with Gasteiger partial charge in [-0.1, -0.05) is 12.1 Å². The Morgan fingerprint density at radius 2 is 1.08 bits per heavy atom. The Kier molecular flexibility index (Phi) is 7.74. The third-order valence-corrected chi connectivity index (χ3v) is 5.19. The third kappa shape index (κ3) is 6.23. The first-order chi connectivity index (χ1) is 16.8. The first-order valence-corrected chi connectivity index (χ1v) is 10.3. The largest absolute Gasteiger partial charge is 0.497 e. The van der Waals surface area contributed by atoms with Crippen LogP contribution >= 0.6 is 0 Å². The summed E-state index contributed by atoms with van der Waals surface area (Å²) in [6.07, 6.45) is -8.95. The Labute approximate surface area is 201 Å². The van der Waals surface area contributed by atoms with Crippen LogP contribution in [0.2, 0.25) is 0 Å². The Morgan fingerprint density at radius 3 is 1.33 bits per heavy atom. The van der Waals surface area contributed by atoms with Crippen molar-refractivity contribution in [3.63, 3.8) is 0 Å². The highest BCUT2D eigenvalue weighted by Gasteiger charge is 2.38. The smallest absolute Gasteiger partial charge is 0.416 e. The van der Waals surface area contributed by atoms with E-state index in [1.54, 1.807) is 0 Å². The van der Waals surface area contributed by atoms with E-state index in [0.29, 0.717) is 0 Å². The molecule has 2 aromatic carbocycles. The van der Waals surface area contributed by atoms with Crippen LogP contribution in [0.5, 0.6) is 11.5 Å². The molecule has 8 nitrogen and oxygen atoms in total. The number of ether oxygens (including phenoxy) is 4. The fourth-order valence-corrected chi connectivity index (χ4v) is 3.50. The van der Waals surface area contributed by atoms with Crippen molar-refractivity contribution in [2.75, 3.05) is 27.4 Å². The fraction of sp³-hybridized carbons (Fsp3) is 0.364. The lowest BCUT2D eigenvalue weighted by Crippen LogP contribution is -2.12. The van der Waals surface area contributed by atoms with Crippen molar-refractivity contribution >= 4 is 12.0 Å². The van der Waals surface area contributed by atoms with E-state index in [1.165, 1.54) is 38.5 Å². The lowest BCUT2D eigenvalue weighted by Gasteiger charge is -2.16. The highest BCUT2D eigenvalue weighted by molar-refractivity contribution is 5.74. The van der Waals surface area contributed by atoms with Crippen LogP contribution in [-0.2, 0) is 21.8 Å². The number of hydrogen-bond donors (Lipinski definition) is 2. The van der Waals surface area contributed by atoms with Crippen molar-refractivity contribution in [2.24, 2.45) is 21.5 Å². The topological polar surface area (TPSA) is 114 Å². The number of amidine groups is 2. The molecule has 36 heavy (non-hydrogen) atoms. The number of halogens is 6. The minimum absolute atomic E-state index is 0.0151. The number of rotatable bonds is 4. The van der Waals surface area contributed by atoms with E-state index < -0.39 is 35.6 Å². The molecule has 0 aromatic heterocycles. The number of benzene rings is 2. The Hall–Kier alpha value is -3.84. The number of nitrogens with zero attached hydrogens (tertiary/aromatic N) is 2. The molecular formula is C22H22F6N4O4. The molecule has 0 radical (unpaired) electrons. The minimum Gasteiger partial charge on any atom is -0.497 e. The van der Waals surface area contributed by atoms with Crippen molar-refractivity contribution in [3.8, 4) is 11.5 Å². The molecule has 0 saturated heterocycles. The maximum absolute atomic E-state index is 12.9. The molecule has 4 rings (SSSR count). The van der Waals surface area contributed by atoms with Crippen molar-refractivity contribution in [1.29, 1.82) is 0 Å². The van der Waals surface area contributed by atoms with Crippen LogP contribution in [0.15, 0.2) is 46.4 Å². The zero-order valence-electron chi connectivity index (χ0n) is 19.0. The lowest BCUT2D eigenvalue weighted by molar-refractivity contribution is -0.139. The first-order valence-electron chi connectivity index (χ1n) is 10.3. The Bertz CT molecular complexity index is 1060. The van der Waals surface area contributed by atoms with Crippen LogP contribution in [0.4, 0.5) is 26.3 Å². The molecule has 0 bridgehead atoms. The average molecular weight is 520 g/mol. The summed E-state index contributed by atoms with van der Waals surface area (Å²) in [5.74, 6) is 0.281. The lowest BCUT2D eigenvalue weighted by atomic mass is 10.0. The van der Waals surface area contributed by atoms with Gasteiger partial charge in [-0.2, -0.15) is 26.3 Å². The van der Waals surface area contributed by atoms with Crippen LogP contribution in [0.1, 0.15) is 34.3 Å². The van der Waals surface area contributed by atoms with Gasteiger partial charge in [-0.25, -0.2) is 9.98 Å². The number of nitrogens with two attached hydrogens (primary N) is 2. The maximum atomic E-state index is 12.9. The molecule has 4 N–H and O–H groups in total. The molecule has 0 unspecified atom stereocenters. The molecule has 0 saturated carbocycles. The van der Waals surface area contributed by atoms with Crippen LogP contribution in [0.25, 0.3) is 0 Å². The van der Waals surface area contributed by atoms with Gasteiger partial charge in [0.1, 0.15) is 36.8 Å². The predicted molar refractivity (Wildman–Crippen MR) is 117 cm³/mol. The second kappa shape index (κ2) is 10.4. The molecule has 2 aromatic rings. The van der Waals surface area contributed by atoms with Gasteiger partial charge in [-0.15, -0.1) is 0 Å². The molecule has 14 heteroatoms. The average Bonchev–Trinajstić information content (AvgIpc) is 3.45. The molecule has 0 amide bonds. The van der Waals surface area contributed by atoms with E-state index in [1.807, 2.05) is 0 Å². The van der Waals surface area contributed by atoms with Gasteiger partial charge in [0.15, 0.2) is 0 Å². The second-order valence-electron chi connectivity index (χ2n) is 7.49. The Balaban J connectivity index is 0.000000201. The molecule has 196 valence electrons. The summed E-state index contributed by atoms with van der Waals surface area (Å²) in [6, 6.07) is 5.81. The molecule has 0 fully saturated rings. The van der Waals surface area contributed by atoms with Gasteiger partial charge in [-0.3, -0.25) is 0 Å². The van der Waals surface area contributed by atoms with Gasteiger partial charge in [0.05, 0.1) is 25.3 Å². The van der Waals surface area contributed by atoms with E-state index in [2.05, 4.69) is 9.98 Å². The van der Waals surface area contributed by atoms with Crippen molar-refractivity contribution < 1.29 is 45.3 Å². The third-order valence-electron chi connectivity index (χ3n) is 5.19. The summed E-state index contributed by atoms with van der Waals surface area (Å²) in [7, 11) is 2.62. The number of methoxy groups -OCH3 is 2. The highest BCUT2D eigenvalue weighted by Crippen LogP contribution is 2.40. The van der Waals surface area contributed by atoms with Gasteiger partial charge in [0.25, 0.3) is 12.0 Å². The zero-order valence-corrected chi connectivity index (χ0v) is 19.0. The summed E-state index contributed by atoms with van der Waals surface area (Å²) in [6.45, 7) is 0.0302. The molecule has 2 heterocycles.